The SMILES string of the molecule is CCn1c2ccccc2c2cc(/C=C/c3ccc(-c4ccc(/C=C/c5ccc6c(c5)c5ccccc5n6C)cc4)cc3)ccc21. The molecule has 6 aromatic carbocycles. The van der Waals surface area contributed by atoms with Crippen LogP contribution < -0.4 is 0 Å². The molecule has 0 saturated heterocycles. The van der Waals surface area contributed by atoms with Crippen LogP contribution in [0.2, 0.25) is 0 Å². The zero-order valence-corrected chi connectivity index (χ0v) is 25.6. The van der Waals surface area contributed by atoms with Gasteiger partial charge in [-0.1, -0.05) is 121 Å². The van der Waals surface area contributed by atoms with E-state index < -0.39 is 0 Å². The molecule has 2 nitrogen and oxygen atoms in total. The Bertz CT molecular complexity index is 2390. The van der Waals surface area contributed by atoms with Crippen LogP contribution in [0.4, 0.5) is 0 Å². The molecule has 2 heterocycles. The van der Waals surface area contributed by atoms with Crippen LogP contribution in [0.1, 0.15) is 29.2 Å². The van der Waals surface area contributed by atoms with E-state index in [9.17, 15) is 0 Å². The maximum absolute atomic E-state index is 2.39. The lowest BCUT2D eigenvalue weighted by atomic mass is 10.0. The van der Waals surface area contributed by atoms with Crippen molar-refractivity contribution in [3.63, 3.8) is 0 Å². The van der Waals surface area contributed by atoms with Crippen LogP contribution in [0.3, 0.4) is 0 Å². The number of hydrogen-bond donors (Lipinski definition) is 0. The maximum atomic E-state index is 2.39. The number of fused-ring (bicyclic) bond motifs is 6. The fraction of sp³-hybridized carbons (Fsp3) is 0.0698. The zero-order chi connectivity index (χ0) is 30.3. The average molecular weight is 579 g/mol. The van der Waals surface area contributed by atoms with Gasteiger partial charge in [0, 0.05) is 57.2 Å². The molecule has 2 heteroatoms. The van der Waals surface area contributed by atoms with E-state index in [1.807, 2.05) is 0 Å². The van der Waals surface area contributed by atoms with Gasteiger partial charge in [0.1, 0.15) is 0 Å². The lowest BCUT2D eigenvalue weighted by molar-refractivity contribution is 0.827. The number of benzene rings is 6. The standard InChI is InChI=1S/C43H34N2/c1-3-45-42-11-7-5-9-37(42)39-29-33(21-27-43(39)45)15-13-31-18-24-35(25-19-31)34-22-16-30(17-23-34)12-14-32-20-26-41-38(28-32)36-8-4-6-10-40(36)44(41)2/h4-29H,3H2,1-2H3/b14-12+,15-13+. The van der Waals surface area contributed by atoms with Crippen LogP contribution in [0, 0.1) is 0 Å². The lowest BCUT2D eigenvalue weighted by Gasteiger charge is -2.04. The molecule has 0 saturated carbocycles. The normalized spacial score (nSPS) is 12.1. The molecule has 0 amide bonds. The van der Waals surface area contributed by atoms with Gasteiger partial charge in [0.2, 0.25) is 0 Å². The Balaban J connectivity index is 0.979. The summed E-state index contributed by atoms with van der Waals surface area (Å²) in [6.45, 7) is 3.18. The predicted octanol–water partition coefficient (Wildman–Crippen LogP) is 11.5. The number of rotatable bonds is 6. The van der Waals surface area contributed by atoms with Crippen LogP contribution in [0.15, 0.2) is 133 Å². The van der Waals surface area contributed by atoms with E-state index in [0.29, 0.717) is 0 Å². The molecule has 8 rings (SSSR count). The van der Waals surface area contributed by atoms with Crippen LogP contribution >= 0.6 is 0 Å². The molecule has 0 atom stereocenters. The molecule has 0 aliphatic carbocycles. The van der Waals surface area contributed by atoms with E-state index in [2.05, 4.69) is 181 Å². The van der Waals surface area contributed by atoms with Gasteiger partial charge in [-0.2, -0.15) is 0 Å². The fourth-order valence-electron chi connectivity index (χ4n) is 6.76. The minimum absolute atomic E-state index is 0.966. The molecule has 8 aromatic rings. The largest absolute Gasteiger partial charge is 0.344 e. The second kappa shape index (κ2) is 11.2. The number of aryl methyl sites for hydroxylation is 2. The third-order valence-corrected chi connectivity index (χ3v) is 9.14. The Kier molecular flexibility index (Phi) is 6.69. The van der Waals surface area contributed by atoms with Gasteiger partial charge in [-0.25, -0.2) is 0 Å². The third kappa shape index (κ3) is 4.85. The number of para-hydroxylation sites is 2. The van der Waals surface area contributed by atoms with Crippen molar-refractivity contribution >= 4 is 67.9 Å². The Morgan fingerprint density at radius 3 is 1.40 bits per heavy atom. The summed E-state index contributed by atoms with van der Waals surface area (Å²) in [6, 6.07) is 48.4. The summed E-state index contributed by atoms with van der Waals surface area (Å²) in [4.78, 5) is 0. The minimum atomic E-state index is 0.966. The van der Waals surface area contributed by atoms with E-state index in [1.54, 1.807) is 0 Å². The van der Waals surface area contributed by atoms with E-state index in [0.717, 1.165) is 6.54 Å². The molecule has 2 aromatic heterocycles. The Morgan fingerprint density at radius 2 is 0.822 bits per heavy atom. The van der Waals surface area contributed by atoms with Crippen molar-refractivity contribution in [3.8, 4) is 11.1 Å². The van der Waals surface area contributed by atoms with Crippen molar-refractivity contribution < 1.29 is 0 Å². The highest BCUT2D eigenvalue weighted by atomic mass is 15.0. The summed E-state index contributed by atoms with van der Waals surface area (Å²) < 4.78 is 4.67. The molecule has 0 radical (unpaired) electrons. The molecule has 0 unspecified atom stereocenters. The minimum Gasteiger partial charge on any atom is -0.344 e. The summed E-state index contributed by atoms with van der Waals surface area (Å²) in [5, 5.41) is 5.23. The lowest BCUT2D eigenvalue weighted by Crippen LogP contribution is -1.92. The molecule has 0 aliphatic rings. The highest BCUT2D eigenvalue weighted by Gasteiger charge is 2.09. The van der Waals surface area contributed by atoms with Crippen LogP contribution in [0.25, 0.3) is 79.0 Å². The molecule has 0 N–H and O–H groups in total. The van der Waals surface area contributed by atoms with Crippen LogP contribution in [-0.2, 0) is 13.6 Å². The molecular formula is C43H34N2. The monoisotopic (exact) mass is 578 g/mol. The van der Waals surface area contributed by atoms with Crippen molar-refractivity contribution in [2.75, 3.05) is 0 Å². The van der Waals surface area contributed by atoms with Gasteiger partial charge in [0.25, 0.3) is 0 Å². The van der Waals surface area contributed by atoms with Crippen molar-refractivity contribution in [1.29, 1.82) is 0 Å². The summed E-state index contributed by atoms with van der Waals surface area (Å²) >= 11 is 0. The van der Waals surface area contributed by atoms with Crippen molar-refractivity contribution in [3.05, 3.63) is 156 Å². The zero-order valence-electron chi connectivity index (χ0n) is 25.6. The van der Waals surface area contributed by atoms with Gasteiger partial charge >= 0.3 is 0 Å². The van der Waals surface area contributed by atoms with Gasteiger partial charge in [-0.3, -0.25) is 0 Å². The Labute approximate surface area is 263 Å². The van der Waals surface area contributed by atoms with E-state index in [-0.39, 0.29) is 0 Å². The number of hydrogen-bond acceptors (Lipinski definition) is 0. The second-order valence-corrected chi connectivity index (χ2v) is 11.8. The average Bonchev–Trinajstić information content (AvgIpc) is 3.57. The molecular weight excluding hydrogens is 544 g/mol. The Hall–Kier alpha value is -5.60. The molecule has 0 spiro atoms. The van der Waals surface area contributed by atoms with E-state index in [1.165, 1.54) is 77.0 Å². The molecule has 0 fully saturated rings. The summed E-state index contributed by atoms with van der Waals surface area (Å²) in [5.41, 5.74) is 12.4. The second-order valence-electron chi connectivity index (χ2n) is 11.8. The summed E-state index contributed by atoms with van der Waals surface area (Å²) in [5.74, 6) is 0. The topological polar surface area (TPSA) is 9.86 Å². The summed E-state index contributed by atoms with van der Waals surface area (Å²) in [7, 11) is 2.14. The van der Waals surface area contributed by atoms with Crippen molar-refractivity contribution in [1.82, 2.24) is 9.13 Å². The van der Waals surface area contributed by atoms with E-state index in [4.69, 9.17) is 0 Å². The molecule has 216 valence electrons. The third-order valence-electron chi connectivity index (χ3n) is 9.14. The number of aromatic nitrogens is 2. The Morgan fingerprint density at radius 1 is 0.422 bits per heavy atom. The van der Waals surface area contributed by atoms with Gasteiger partial charge in [0.05, 0.1) is 0 Å². The van der Waals surface area contributed by atoms with Gasteiger partial charge in [0.15, 0.2) is 0 Å². The van der Waals surface area contributed by atoms with Crippen molar-refractivity contribution in [2.24, 2.45) is 7.05 Å². The quantitative estimate of drug-likeness (QED) is 0.174. The fourth-order valence-corrected chi connectivity index (χ4v) is 6.76. The molecule has 0 bridgehead atoms. The summed E-state index contributed by atoms with van der Waals surface area (Å²) in [6.07, 6.45) is 8.82. The van der Waals surface area contributed by atoms with Gasteiger partial charge < -0.3 is 9.13 Å². The first kappa shape index (κ1) is 27.0. The van der Waals surface area contributed by atoms with Crippen molar-refractivity contribution in [2.45, 2.75) is 13.5 Å². The van der Waals surface area contributed by atoms with Crippen LogP contribution in [-0.4, -0.2) is 9.13 Å². The highest BCUT2D eigenvalue weighted by molar-refractivity contribution is 6.09. The first-order valence-corrected chi connectivity index (χ1v) is 15.7. The molecule has 0 aliphatic heterocycles. The first-order valence-electron chi connectivity index (χ1n) is 15.7. The first-order chi connectivity index (χ1) is 22.2. The molecule has 45 heavy (non-hydrogen) atoms. The maximum Gasteiger partial charge on any atom is 0.0491 e. The van der Waals surface area contributed by atoms with E-state index >= 15 is 0 Å². The van der Waals surface area contributed by atoms with Gasteiger partial charge in [-0.05, 0) is 76.7 Å². The predicted molar refractivity (Wildman–Crippen MR) is 195 cm³/mol. The smallest absolute Gasteiger partial charge is 0.0491 e. The van der Waals surface area contributed by atoms with Gasteiger partial charge in [-0.15, -0.1) is 0 Å². The highest BCUT2D eigenvalue weighted by Crippen LogP contribution is 2.31. The number of nitrogens with zero attached hydrogens (tertiary/aromatic N) is 2. The van der Waals surface area contributed by atoms with Crippen LogP contribution in [0.5, 0.6) is 0 Å².